The molecule has 0 aliphatic heterocycles. The Bertz CT molecular complexity index is 65.3. The van der Waals surface area contributed by atoms with E-state index < -0.39 is 0 Å². The molecule has 0 aliphatic rings. The molecule has 11 heavy (non-hydrogen) atoms. The summed E-state index contributed by atoms with van der Waals surface area (Å²) in [6.07, 6.45) is 6.61. The van der Waals surface area contributed by atoms with Crippen molar-refractivity contribution < 1.29 is 5.11 Å². The van der Waals surface area contributed by atoms with E-state index in [0.717, 1.165) is 19.1 Å². The molecule has 0 aromatic heterocycles. The molecule has 0 saturated heterocycles. The minimum absolute atomic E-state index is 0.913. The first-order chi connectivity index (χ1) is 5.33. The molecule has 1 N–H and O–H groups in total. The Morgan fingerprint density at radius 1 is 1.18 bits per heavy atom. The third kappa shape index (κ3) is 94.6. The van der Waals surface area contributed by atoms with Gasteiger partial charge in [0.05, 0.1) is 6.26 Å². The molecule has 0 aliphatic carbocycles. The van der Waals surface area contributed by atoms with Crippen molar-refractivity contribution in [3.63, 3.8) is 0 Å². The molecule has 0 radical (unpaired) electrons. The lowest BCUT2D eigenvalue weighted by Crippen LogP contribution is -1.48. The molecule has 0 rings (SSSR count). The smallest absolute Gasteiger partial charge is 0.0751 e. The zero-order valence-electron chi connectivity index (χ0n) is 8.30. The maximum absolute atomic E-state index is 7.89. The average molecular weight is 158 g/mol. The van der Waals surface area contributed by atoms with Crippen LogP contribution < -0.4 is 0 Å². The standard InChI is InChI=1S/C4H8O.C4H8.C2H6/c1-2-3-4-5;1-3-4-2;1-2/h3-5H,2H2,1H3;3H,1,4H2,2H3;1-2H3/b4-3+;;. The van der Waals surface area contributed by atoms with Crippen LogP contribution in [0.2, 0.25) is 0 Å². The van der Waals surface area contributed by atoms with E-state index in [2.05, 4.69) is 13.5 Å². The van der Waals surface area contributed by atoms with Crippen molar-refractivity contribution in [3.05, 3.63) is 25.0 Å². The van der Waals surface area contributed by atoms with Gasteiger partial charge < -0.3 is 5.11 Å². The molecule has 0 heterocycles. The molecule has 1 heteroatoms. The molecule has 68 valence electrons. The number of rotatable bonds is 2. The van der Waals surface area contributed by atoms with Crippen LogP contribution in [0.4, 0.5) is 0 Å². The number of aliphatic hydroxyl groups excluding tert-OH is 1. The first-order valence-corrected chi connectivity index (χ1v) is 4.23. The highest BCUT2D eigenvalue weighted by Gasteiger charge is 1.53. The van der Waals surface area contributed by atoms with Crippen molar-refractivity contribution in [2.75, 3.05) is 0 Å². The summed E-state index contributed by atoms with van der Waals surface area (Å²) in [6.45, 7) is 11.5. The van der Waals surface area contributed by atoms with Crippen LogP contribution in [0.15, 0.2) is 25.0 Å². The van der Waals surface area contributed by atoms with Crippen molar-refractivity contribution in [2.45, 2.75) is 40.5 Å². The van der Waals surface area contributed by atoms with E-state index in [9.17, 15) is 0 Å². The summed E-state index contributed by atoms with van der Waals surface area (Å²) in [6, 6.07) is 0. The third-order valence-corrected chi connectivity index (χ3v) is 0.630. The first-order valence-electron chi connectivity index (χ1n) is 4.23. The Hall–Kier alpha value is -0.720. The molecular weight excluding hydrogens is 136 g/mol. The van der Waals surface area contributed by atoms with Crippen LogP contribution in [0.1, 0.15) is 40.5 Å². The van der Waals surface area contributed by atoms with Crippen molar-refractivity contribution in [2.24, 2.45) is 0 Å². The van der Waals surface area contributed by atoms with Crippen LogP contribution >= 0.6 is 0 Å². The molecule has 0 aromatic rings. The minimum Gasteiger partial charge on any atom is -0.516 e. The van der Waals surface area contributed by atoms with Gasteiger partial charge in [0.1, 0.15) is 0 Å². The minimum atomic E-state index is 0.913. The SMILES string of the molecule is C=CCC.CC.CC/C=C/O. The predicted octanol–water partition coefficient (Wildman–Crippen LogP) is 4.08. The summed E-state index contributed by atoms with van der Waals surface area (Å²) in [4.78, 5) is 0. The van der Waals surface area contributed by atoms with Gasteiger partial charge in [0.2, 0.25) is 0 Å². The molecule has 0 spiro atoms. The number of hydrogen-bond donors (Lipinski definition) is 1. The fraction of sp³-hybridized carbons (Fsp3) is 0.600. The lowest BCUT2D eigenvalue weighted by molar-refractivity contribution is 0.471. The maximum Gasteiger partial charge on any atom is 0.0751 e. The first kappa shape index (κ1) is 16.7. The molecule has 0 aromatic carbocycles. The van der Waals surface area contributed by atoms with Gasteiger partial charge in [-0.2, -0.15) is 0 Å². The van der Waals surface area contributed by atoms with E-state index in [0.29, 0.717) is 0 Å². The van der Waals surface area contributed by atoms with Gasteiger partial charge in [0.15, 0.2) is 0 Å². The van der Waals surface area contributed by atoms with Crippen molar-refractivity contribution in [3.8, 4) is 0 Å². The second kappa shape index (κ2) is 34.7. The van der Waals surface area contributed by atoms with Crippen LogP contribution in [0.3, 0.4) is 0 Å². The summed E-state index contributed by atoms with van der Waals surface area (Å²) in [5.74, 6) is 0. The van der Waals surface area contributed by atoms with Crippen LogP contribution in [-0.2, 0) is 0 Å². The Morgan fingerprint density at radius 3 is 1.55 bits per heavy atom. The van der Waals surface area contributed by atoms with E-state index in [1.807, 2.05) is 26.8 Å². The van der Waals surface area contributed by atoms with Gasteiger partial charge >= 0.3 is 0 Å². The lowest BCUT2D eigenvalue weighted by atomic mass is 10.5. The van der Waals surface area contributed by atoms with Crippen LogP contribution in [-0.4, -0.2) is 5.11 Å². The molecule has 0 fully saturated rings. The Kier molecular flexibility index (Phi) is 52.7. The molecule has 0 atom stereocenters. The van der Waals surface area contributed by atoms with Gasteiger partial charge in [0.25, 0.3) is 0 Å². The highest BCUT2D eigenvalue weighted by molar-refractivity contribution is 4.67. The summed E-state index contributed by atoms with van der Waals surface area (Å²) >= 11 is 0. The highest BCUT2D eigenvalue weighted by atomic mass is 16.2. The fourth-order valence-corrected chi connectivity index (χ4v) is 0.105. The van der Waals surface area contributed by atoms with Gasteiger partial charge in [-0.05, 0) is 12.8 Å². The summed E-state index contributed by atoms with van der Waals surface area (Å²) in [5.41, 5.74) is 0. The maximum atomic E-state index is 7.89. The summed E-state index contributed by atoms with van der Waals surface area (Å²) in [7, 11) is 0. The number of aliphatic hydroxyl groups is 1. The summed E-state index contributed by atoms with van der Waals surface area (Å²) < 4.78 is 0. The Balaban J connectivity index is -0.0000000965. The van der Waals surface area contributed by atoms with Gasteiger partial charge in [-0.15, -0.1) is 6.58 Å². The molecule has 0 amide bonds. The van der Waals surface area contributed by atoms with Gasteiger partial charge in [-0.25, -0.2) is 0 Å². The average Bonchev–Trinajstić information content (AvgIpc) is 2.10. The Labute approximate surface area is 71.5 Å². The molecule has 1 nitrogen and oxygen atoms in total. The molecule has 0 bridgehead atoms. The molecule has 0 unspecified atom stereocenters. The quantitative estimate of drug-likeness (QED) is 0.474. The van der Waals surface area contributed by atoms with E-state index in [-0.39, 0.29) is 0 Å². The fourth-order valence-electron chi connectivity index (χ4n) is 0.105. The molecular formula is C10H22O. The largest absolute Gasteiger partial charge is 0.516 e. The van der Waals surface area contributed by atoms with Crippen molar-refractivity contribution >= 4 is 0 Å². The highest BCUT2D eigenvalue weighted by Crippen LogP contribution is 1.71. The number of allylic oxidation sites excluding steroid dienone is 2. The van der Waals surface area contributed by atoms with Crippen molar-refractivity contribution in [1.82, 2.24) is 0 Å². The van der Waals surface area contributed by atoms with Crippen LogP contribution in [0, 0.1) is 0 Å². The predicted molar refractivity (Wildman–Crippen MR) is 53.9 cm³/mol. The third-order valence-electron chi connectivity index (χ3n) is 0.630. The topological polar surface area (TPSA) is 20.2 Å². The lowest BCUT2D eigenvalue weighted by Gasteiger charge is -1.65. The van der Waals surface area contributed by atoms with Gasteiger partial charge in [0, 0.05) is 0 Å². The van der Waals surface area contributed by atoms with Gasteiger partial charge in [-0.3, -0.25) is 0 Å². The number of hydrogen-bond acceptors (Lipinski definition) is 1. The normalized spacial score (nSPS) is 7.27. The second-order valence-electron chi connectivity index (χ2n) is 1.49. The zero-order valence-corrected chi connectivity index (χ0v) is 8.30. The van der Waals surface area contributed by atoms with Crippen LogP contribution in [0.5, 0.6) is 0 Å². The van der Waals surface area contributed by atoms with E-state index >= 15 is 0 Å². The Morgan fingerprint density at radius 2 is 1.55 bits per heavy atom. The van der Waals surface area contributed by atoms with E-state index in [1.165, 1.54) is 0 Å². The van der Waals surface area contributed by atoms with E-state index in [4.69, 9.17) is 5.11 Å². The van der Waals surface area contributed by atoms with Crippen LogP contribution in [0.25, 0.3) is 0 Å². The van der Waals surface area contributed by atoms with Crippen molar-refractivity contribution in [1.29, 1.82) is 0 Å². The monoisotopic (exact) mass is 158 g/mol. The molecule has 0 saturated carbocycles. The summed E-state index contributed by atoms with van der Waals surface area (Å²) in [5, 5.41) is 7.89. The van der Waals surface area contributed by atoms with E-state index in [1.54, 1.807) is 6.08 Å². The van der Waals surface area contributed by atoms with Gasteiger partial charge in [-0.1, -0.05) is 39.8 Å². The zero-order chi connectivity index (χ0) is 9.54. The second-order valence-corrected chi connectivity index (χ2v) is 1.49.